The number of alkyl halides is 3. The molecule has 122 valence electrons. The molecular formula is C16H14ClF3N2S. The van der Waals surface area contributed by atoms with Crippen LogP contribution in [0.4, 0.5) is 18.9 Å². The summed E-state index contributed by atoms with van der Waals surface area (Å²) in [7, 11) is 0. The summed E-state index contributed by atoms with van der Waals surface area (Å²) >= 11 is 11.1. The van der Waals surface area contributed by atoms with Gasteiger partial charge in [0.2, 0.25) is 0 Å². The Labute approximate surface area is 142 Å². The van der Waals surface area contributed by atoms with Gasteiger partial charge >= 0.3 is 6.18 Å². The van der Waals surface area contributed by atoms with Crippen LogP contribution in [0.3, 0.4) is 0 Å². The van der Waals surface area contributed by atoms with Gasteiger partial charge in [0.15, 0.2) is 5.11 Å². The average molecular weight is 359 g/mol. The van der Waals surface area contributed by atoms with Crippen LogP contribution in [0.15, 0.2) is 48.5 Å². The molecule has 0 bridgehead atoms. The van der Waals surface area contributed by atoms with Crippen molar-refractivity contribution in [3.05, 3.63) is 64.7 Å². The van der Waals surface area contributed by atoms with E-state index in [2.05, 4.69) is 10.6 Å². The van der Waals surface area contributed by atoms with Crippen LogP contribution < -0.4 is 10.6 Å². The molecule has 2 rings (SSSR count). The maximum atomic E-state index is 12.7. The van der Waals surface area contributed by atoms with E-state index in [9.17, 15) is 13.2 Å². The maximum absolute atomic E-state index is 12.7. The standard InChI is InChI=1S/C16H14ClF3N2S/c1-10(11-5-3-2-4-6-11)21-15(23)22-14-9-12(16(18,19)20)7-8-13(14)17/h2-10H,1H3,(H2,21,22,23). The van der Waals surface area contributed by atoms with Gasteiger partial charge in [-0.25, -0.2) is 0 Å². The molecule has 0 amide bonds. The van der Waals surface area contributed by atoms with Crippen LogP contribution in [0, 0.1) is 0 Å². The van der Waals surface area contributed by atoms with Gasteiger partial charge in [0.25, 0.3) is 0 Å². The predicted molar refractivity (Wildman–Crippen MR) is 90.7 cm³/mol. The van der Waals surface area contributed by atoms with Crippen LogP contribution in [-0.4, -0.2) is 5.11 Å². The minimum Gasteiger partial charge on any atom is -0.356 e. The highest BCUT2D eigenvalue weighted by Crippen LogP contribution is 2.33. The summed E-state index contributed by atoms with van der Waals surface area (Å²) in [6, 6.07) is 12.5. The van der Waals surface area contributed by atoms with Crippen LogP contribution in [0.25, 0.3) is 0 Å². The molecule has 0 aromatic heterocycles. The molecule has 0 aliphatic heterocycles. The Kier molecular flexibility index (Phi) is 5.49. The van der Waals surface area contributed by atoms with Gasteiger partial charge in [-0.3, -0.25) is 0 Å². The lowest BCUT2D eigenvalue weighted by Crippen LogP contribution is -2.31. The van der Waals surface area contributed by atoms with Gasteiger partial charge in [-0.2, -0.15) is 13.2 Å². The Morgan fingerprint density at radius 2 is 1.78 bits per heavy atom. The maximum Gasteiger partial charge on any atom is 0.416 e. The molecule has 2 N–H and O–H groups in total. The van der Waals surface area contributed by atoms with Gasteiger partial charge in [-0.1, -0.05) is 41.9 Å². The lowest BCUT2D eigenvalue weighted by atomic mass is 10.1. The SMILES string of the molecule is CC(NC(=S)Nc1cc(C(F)(F)F)ccc1Cl)c1ccccc1. The molecule has 23 heavy (non-hydrogen) atoms. The first kappa shape index (κ1) is 17.6. The van der Waals surface area contributed by atoms with E-state index in [0.717, 1.165) is 17.7 Å². The van der Waals surface area contributed by atoms with Gasteiger partial charge in [-0.05, 0) is 42.9 Å². The van der Waals surface area contributed by atoms with E-state index < -0.39 is 11.7 Å². The molecule has 0 saturated carbocycles. The van der Waals surface area contributed by atoms with E-state index in [1.807, 2.05) is 37.3 Å². The fourth-order valence-electron chi connectivity index (χ4n) is 1.98. The first-order valence-electron chi connectivity index (χ1n) is 6.76. The van der Waals surface area contributed by atoms with E-state index in [1.54, 1.807) is 0 Å². The van der Waals surface area contributed by atoms with E-state index in [0.29, 0.717) is 0 Å². The highest BCUT2D eigenvalue weighted by molar-refractivity contribution is 7.80. The number of thiocarbonyl (C=S) groups is 1. The second kappa shape index (κ2) is 7.19. The van der Waals surface area contributed by atoms with Crippen LogP contribution in [0.5, 0.6) is 0 Å². The largest absolute Gasteiger partial charge is 0.416 e. The highest BCUT2D eigenvalue weighted by Gasteiger charge is 2.31. The van der Waals surface area contributed by atoms with Crippen molar-refractivity contribution < 1.29 is 13.2 Å². The van der Waals surface area contributed by atoms with Gasteiger partial charge in [0.1, 0.15) is 0 Å². The number of halogens is 4. The summed E-state index contributed by atoms with van der Waals surface area (Å²) in [5, 5.41) is 6.08. The Balaban J connectivity index is 2.08. The number of anilines is 1. The van der Waals surface area contributed by atoms with Gasteiger partial charge in [0.05, 0.1) is 22.3 Å². The number of nitrogens with one attached hydrogen (secondary N) is 2. The van der Waals surface area contributed by atoms with Crippen LogP contribution in [0.2, 0.25) is 5.02 Å². The molecule has 2 nitrogen and oxygen atoms in total. The summed E-state index contributed by atoms with van der Waals surface area (Å²) in [6.45, 7) is 1.90. The topological polar surface area (TPSA) is 24.1 Å². The zero-order valence-electron chi connectivity index (χ0n) is 12.1. The third-order valence-corrected chi connectivity index (χ3v) is 3.74. The second-order valence-corrected chi connectivity index (χ2v) is 5.74. The van der Waals surface area contributed by atoms with Crippen molar-refractivity contribution >= 4 is 34.6 Å². The number of benzene rings is 2. The summed E-state index contributed by atoms with van der Waals surface area (Å²) in [5.74, 6) is 0. The smallest absolute Gasteiger partial charge is 0.356 e. The molecule has 0 aliphatic rings. The predicted octanol–water partition coefficient (Wildman–Crippen LogP) is 5.41. The summed E-state index contributed by atoms with van der Waals surface area (Å²) in [4.78, 5) is 0. The lowest BCUT2D eigenvalue weighted by molar-refractivity contribution is -0.137. The van der Waals surface area contributed by atoms with E-state index in [1.165, 1.54) is 6.07 Å². The molecule has 0 spiro atoms. The Hall–Kier alpha value is -1.79. The fraction of sp³-hybridized carbons (Fsp3) is 0.188. The number of rotatable bonds is 3. The Morgan fingerprint density at radius 1 is 1.13 bits per heavy atom. The molecule has 0 radical (unpaired) electrons. The molecule has 2 aromatic carbocycles. The highest BCUT2D eigenvalue weighted by atomic mass is 35.5. The monoisotopic (exact) mass is 358 g/mol. The molecule has 1 unspecified atom stereocenters. The molecule has 2 aromatic rings. The molecule has 1 atom stereocenters. The van der Waals surface area contributed by atoms with Crippen LogP contribution in [-0.2, 0) is 6.18 Å². The van der Waals surface area contributed by atoms with E-state index in [4.69, 9.17) is 23.8 Å². The van der Waals surface area contributed by atoms with Crippen molar-refractivity contribution in [2.45, 2.75) is 19.1 Å². The molecule has 0 fully saturated rings. The second-order valence-electron chi connectivity index (χ2n) is 4.92. The van der Waals surface area contributed by atoms with Gasteiger partial charge in [0, 0.05) is 0 Å². The number of hydrogen-bond donors (Lipinski definition) is 2. The van der Waals surface area contributed by atoms with Gasteiger partial charge in [-0.15, -0.1) is 0 Å². The van der Waals surface area contributed by atoms with Crippen LogP contribution >= 0.6 is 23.8 Å². The van der Waals surface area contributed by atoms with E-state index >= 15 is 0 Å². The summed E-state index contributed by atoms with van der Waals surface area (Å²) in [5.41, 5.74) is 0.328. The van der Waals surface area contributed by atoms with Crippen molar-refractivity contribution in [3.8, 4) is 0 Å². The third kappa shape index (κ3) is 4.84. The zero-order valence-corrected chi connectivity index (χ0v) is 13.7. The first-order valence-corrected chi connectivity index (χ1v) is 7.55. The first-order chi connectivity index (χ1) is 10.8. The minimum absolute atomic E-state index is 0.0965. The van der Waals surface area contributed by atoms with Crippen molar-refractivity contribution in [2.75, 3.05) is 5.32 Å². The quantitative estimate of drug-likeness (QED) is 0.718. The zero-order chi connectivity index (χ0) is 17.0. The molecule has 0 heterocycles. The van der Waals surface area contributed by atoms with Crippen molar-refractivity contribution in [3.63, 3.8) is 0 Å². The van der Waals surface area contributed by atoms with Crippen molar-refractivity contribution in [2.24, 2.45) is 0 Å². The fourth-order valence-corrected chi connectivity index (χ4v) is 2.43. The summed E-state index contributed by atoms with van der Waals surface area (Å²) in [6.07, 6.45) is -4.44. The average Bonchev–Trinajstić information content (AvgIpc) is 2.49. The van der Waals surface area contributed by atoms with Crippen LogP contribution in [0.1, 0.15) is 24.1 Å². The Morgan fingerprint density at radius 3 is 2.39 bits per heavy atom. The van der Waals surface area contributed by atoms with Gasteiger partial charge < -0.3 is 10.6 Å². The molecular weight excluding hydrogens is 345 g/mol. The summed E-state index contributed by atoms with van der Waals surface area (Å²) < 4.78 is 38.2. The molecule has 7 heteroatoms. The van der Waals surface area contributed by atoms with E-state index in [-0.39, 0.29) is 21.9 Å². The lowest BCUT2D eigenvalue weighted by Gasteiger charge is -2.18. The molecule has 0 aliphatic carbocycles. The Bertz CT molecular complexity index is 689. The molecule has 0 saturated heterocycles. The minimum atomic E-state index is -4.44. The third-order valence-electron chi connectivity index (χ3n) is 3.19. The van der Waals surface area contributed by atoms with Crippen molar-refractivity contribution in [1.82, 2.24) is 5.32 Å². The normalized spacial score (nSPS) is 12.6. The van der Waals surface area contributed by atoms with Crippen molar-refractivity contribution in [1.29, 1.82) is 0 Å². The number of hydrogen-bond acceptors (Lipinski definition) is 1.